The lowest BCUT2D eigenvalue weighted by Crippen LogP contribution is -2.48. The molecule has 3 N–H and O–H groups in total. The van der Waals surface area contributed by atoms with E-state index >= 15 is 0 Å². The molecule has 0 saturated heterocycles. The van der Waals surface area contributed by atoms with Crippen LogP contribution in [0.15, 0.2) is 0 Å². The summed E-state index contributed by atoms with van der Waals surface area (Å²) in [5, 5.41) is 8.86. The minimum atomic E-state index is -0.885. The molecular formula is C8H13NO2. The van der Waals surface area contributed by atoms with Crippen molar-refractivity contribution < 1.29 is 9.90 Å². The first-order valence-electron chi connectivity index (χ1n) is 4.09. The van der Waals surface area contributed by atoms with E-state index < -0.39 is 11.5 Å². The molecule has 3 heteroatoms. The summed E-state index contributed by atoms with van der Waals surface area (Å²) in [5.41, 5.74) is 4.89. The smallest absolute Gasteiger partial charge is 0.323 e. The third kappa shape index (κ3) is 0.692. The zero-order valence-corrected chi connectivity index (χ0v) is 6.58. The lowest BCUT2D eigenvalue weighted by molar-refractivity contribution is -0.144. The number of carboxylic acid groups (broad SMARTS) is 1. The molecule has 0 heterocycles. The van der Waals surface area contributed by atoms with Crippen LogP contribution in [0, 0.1) is 17.8 Å². The number of fused-ring (bicyclic) bond motifs is 1. The quantitative estimate of drug-likeness (QED) is 0.577. The maximum atomic E-state index is 10.8. The van der Waals surface area contributed by atoms with Gasteiger partial charge < -0.3 is 10.8 Å². The van der Waals surface area contributed by atoms with E-state index in [1.165, 1.54) is 0 Å². The van der Waals surface area contributed by atoms with Crippen molar-refractivity contribution in [1.29, 1.82) is 0 Å². The maximum Gasteiger partial charge on any atom is 0.323 e. The fourth-order valence-electron chi connectivity index (χ4n) is 2.66. The van der Waals surface area contributed by atoms with Crippen LogP contribution in [-0.2, 0) is 4.79 Å². The van der Waals surface area contributed by atoms with E-state index in [9.17, 15) is 4.79 Å². The summed E-state index contributed by atoms with van der Waals surface area (Å²) in [6.07, 6.45) is 1.68. The first-order valence-corrected chi connectivity index (χ1v) is 4.09. The molecule has 2 aliphatic carbocycles. The largest absolute Gasteiger partial charge is 0.480 e. The average molecular weight is 155 g/mol. The molecule has 0 amide bonds. The number of hydrogen-bond donors (Lipinski definition) is 2. The van der Waals surface area contributed by atoms with Crippen LogP contribution in [0.5, 0.6) is 0 Å². The normalized spacial score (nSPS) is 53.8. The molecule has 2 fully saturated rings. The van der Waals surface area contributed by atoms with E-state index in [1.54, 1.807) is 0 Å². The molecule has 2 aliphatic rings. The van der Waals surface area contributed by atoms with Crippen molar-refractivity contribution in [1.82, 2.24) is 0 Å². The van der Waals surface area contributed by atoms with E-state index in [-0.39, 0.29) is 5.92 Å². The van der Waals surface area contributed by atoms with Gasteiger partial charge in [0.2, 0.25) is 0 Å². The molecule has 62 valence electrons. The zero-order valence-electron chi connectivity index (χ0n) is 6.58. The highest BCUT2D eigenvalue weighted by atomic mass is 16.4. The van der Waals surface area contributed by atoms with Gasteiger partial charge in [0, 0.05) is 0 Å². The number of rotatable bonds is 1. The molecule has 0 aromatic carbocycles. The minimum absolute atomic E-state index is 0.264. The molecule has 11 heavy (non-hydrogen) atoms. The molecule has 0 radical (unpaired) electrons. The topological polar surface area (TPSA) is 63.3 Å². The van der Waals surface area contributed by atoms with E-state index in [0.29, 0.717) is 18.3 Å². The third-order valence-electron chi connectivity index (χ3n) is 3.45. The number of aliphatic carboxylic acids is 1. The average Bonchev–Trinajstić information content (AvgIpc) is 2.38. The Morgan fingerprint density at radius 2 is 2.36 bits per heavy atom. The summed E-state index contributed by atoms with van der Waals surface area (Å²) in [6.45, 7) is 2.10. The van der Waals surface area contributed by atoms with Gasteiger partial charge in [-0.25, -0.2) is 0 Å². The lowest BCUT2D eigenvalue weighted by atomic mass is 9.92. The van der Waals surface area contributed by atoms with E-state index in [0.717, 1.165) is 6.42 Å². The van der Waals surface area contributed by atoms with Crippen molar-refractivity contribution in [3.8, 4) is 0 Å². The predicted octanol–water partition coefficient (Wildman–Crippen LogP) is 0.444. The van der Waals surface area contributed by atoms with Crippen LogP contribution < -0.4 is 5.73 Å². The summed E-state index contributed by atoms with van der Waals surface area (Å²) in [6, 6.07) is 0. The predicted molar refractivity (Wildman–Crippen MR) is 39.9 cm³/mol. The monoisotopic (exact) mass is 155 g/mol. The Morgan fingerprint density at radius 3 is 2.64 bits per heavy atom. The molecular weight excluding hydrogens is 142 g/mol. The Bertz CT molecular complexity index is 216. The van der Waals surface area contributed by atoms with Crippen molar-refractivity contribution in [2.75, 3.05) is 0 Å². The van der Waals surface area contributed by atoms with Crippen LogP contribution in [-0.4, -0.2) is 16.6 Å². The zero-order chi connectivity index (χ0) is 8.22. The van der Waals surface area contributed by atoms with Gasteiger partial charge in [0.05, 0.1) is 0 Å². The number of carbonyl (C=O) groups is 1. The van der Waals surface area contributed by atoms with Crippen LogP contribution in [0.1, 0.15) is 19.8 Å². The van der Waals surface area contributed by atoms with E-state index in [1.807, 2.05) is 0 Å². The third-order valence-corrected chi connectivity index (χ3v) is 3.45. The van der Waals surface area contributed by atoms with Crippen molar-refractivity contribution >= 4 is 5.97 Å². The Morgan fingerprint density at radius 1 is 1.73 bits per heavy atom. The van der Waals surface area contributed by atoms with Gasteiger partial charge in [0.1, 0.15) is 5.54 Å². The highest BCUT2D eigenvalue weighted by Gasteiger charge is 2.65. The van der Waals surface area contributed by atoms with E-state index in [2.05, 4.69) is 6.92 Å². The molecule has 3 unspecified atom stereocenters. The number of nitrogens with two attached hydrogens (primary N) is 1. The molecule has 0 spiro atoms. The number of carboxylic acids is 1. The molecule has 2 rings (SSSR count). The summed E-state index contributed by atoms with van der Waals surface area (Å²) >= 11 is 0. The molecule has 2 saturated carbocycles. The van der Waals surface area contributed by atoms with Gasteiger partial charge in [-0.05, 0) is 30.6 Å². The molecule has 4 atom stereocenters. The maximum absolute atomic E-state index is 10.8. The first kappa shape index (κ1) is 7.10. The highest BCUT2D eigenvalue weighted by Crippen LogP contribution is 2.61. The SMILES string of the molecule is C[C@@H]1C2CCC(N)(C(=O)O)C21. The second-order valence-electron chi connectivity index (χ2n) is 3.93. The summed E-state index contributed by atoms with van der Waals surface area (Å²) in [7, 11) is 0. The Labute approximate surface area is 65.6 Å². The van der Waals surface area contributed by atoms with Gasteiger partial charge in [0.25, 0.3) is 0 Å². The van der Waals surface area contributed by atoms with Gasteiger partial charge in [-0.15, -0.1) is 0 Å². The highest BCUT2D eigenvalue weighted by molar-refractivity contribution is 5.80. The Kier molecular flexibility index (Phi) is 1.15. The summed E-state index contributed by atoms with van der Waals surface area (Å²) < 4.78 is 0. The molecule has 0 aromatic rings. The fourth-order valence-corrected chi connectivity index (χ4v) is 2.66. The first-order chi connectivity index (χ1) is 5.07. The molecule has 3 nitrogen and oxygen atoms in total. The van der Waals surface area contributed by atoms with Crippen molar-refractivity contribution in [2.45, 2.75) is 25.3 Å². The van der Waals surface area contributed by atoms with Gasteiger partial charge in [0.15, 0.2) is 0 Å². The standard InChI is InChI=1S/C8H13NO2/c1-4-5-2-3-8(9,6(4)5)7(10)11/h4-6H,2-3,9H2,1H3,(H,10,11)/t4-,5?,6?,8?/m1/s1. The van der Waals surface area contributed by atoms with Crippen molar-refractivity contribution in [3.05, 3.63) is 0 Å². The van der Waals surface area contributed by atoms with Crippen LogP contribution >= 0.6 is 0 Å². The Hall–Kier alpha value is -0.570. The van der Waals surface area contributed by atoms with Crippen LogP contribution in [0.3, 0.4) is 0 Å². The van der Waals surface area contributed by atoms with Gasteiger partial charge in [-0.3, -0.25) is 4.79 Å². The molecule has 0 aromatic heterocycles. The lowest BCUT2D eigenvalue weighted by Gasteiger charge is -2.20. The van der Waals surface area contributed by atoms with Gasteiger partial charge >= 0.3 is 5.97 Å². The molecule has 0 aliphatic heterocycles. The minimum Gasteiger partial charge on any atom is -0.480 e. The Balaban J connectivity index is 2.22. The summed E-state index contributed by atoms with van der Waals surface area (Å²) in [4.78, 5) is 10.8. The fraction of sp³-hybridized carbons (Fsp3) is 0.875. The van der Waals surface area contributed by atoms with Gasteiger partial charge in [-0.2, -0.15) is 0 Å². The number of hydrogen-bond acceptors (Lipinski definition) is 2. The summed E-state index contributed by atoms with van der Waals surface area (Å²) in [5.74, 6) is 0.607. The van der Waals surface area contributed by atoms with Crippen LogP contribution in [0.2, 0.25) is 0 Å². The van der Waals surface area contributed by atoms with Crippen molar-refractivity contribution in [3.63, 3.8) is 0 Å². The van der Waals surface area contributed by atoms with Gasteiger partial charge in [-0.1, -0.05) is 6.92 Å². The van der Waals surface area contributed by atoms with Crippen molar-refractivity contribution in [2.24, 2.45) is 23.5 Å². The van der Waals surface area contributed by atoms with Crippen LogP contribution in [0.25, 0.3) is 0 Å². The second kappa shape index (κ2) is 1.78. The second-order valence-corrected chi connectivity index (χ2v) is 3.93. The van der Waals surface area contributed by atoms with Crippen LogP contribution in [0.4, 0.5) is 0 Å². The molecule has 0 bridgehead atoms. The van der Waals surface area contributed by atoms with E-state index in [4.69, 9.17) is 10.8 Å².